The first-order chi connectivity index (χ1) is 15.5. The number of hydrogen-bond acceptors (Lipinski definition) is 5. The van der Waals surface area contributed by atoms with E-state index in [2.05, 4.69) is 29.8 Å². The highest BCUT2D eigenvalue weighted by Crippen LogP contribution is 2.47. The van der Waals surface area contributed by atoms with E-state index in [1.165, 1.54) is 0 Å². The second-order valence-corrected chi connectivity index (χ2v) is 9.44. The fourth-order valence-corrected chi connectivity index (χ4v) is 5.32. The largest absolute Gasteiger partial charge is 0.486 e. The molecule has 0 spiro atoms. The van der Waals surface area contributed by atoms with Crippen LogP contribution in [0.5, 0.6) is 5.75 Å². The zero-order chi connectivity index (χ0) is 21.9. The maximum Gasteiger partial charge on any atom is 0.195 e. The Labute approximate surface area is 187 Å². The Hall–Kier alpha value is -2.83. The Balaban J connectivity index is 1.53. The van der Waals surface area contributed by atoms with Gasteiger partial charge in [-0.3, -0.25) is 4.79 Å². The summed E-state index contributed by atoms with van der Waals surface area (Å²) < 4.78 is 17.6. The lowest BCUT2D eigenvalue weighted by Gasteiger charge is -2.36. The molecule has 1 atom stereocenters. The van der Waals surface area contributed by atoms with E-state index >= 15 is 0 Å². The number of aromatic amines is 1. The van der Waals surface area contributed by atoms with E-state index in [9.17, 15) is 4.79 Å². The molecule has 6 rings (SSSR count). The molecule has 2 aliphatic heterocycles. The van der Waals surface area contributed by atoms with Crippen molar-refractivity contribution in [2.24, 2.45) is 0 Å². The third kappa shape index (κ3) is 2.97. The molecule has 0 bridgehead atoms. The summed E-state index contributed by atoms with van der Waals surface area (Å²) in [7, 11) is 0. The average molecular weight is 433 g/mol. The van der Waals surface area contributed by atoms with Gasteiger partial charge in [-0.25, -0.2) is 0 Å². The van der Waals surface area contributed by atoms with Crippen LogP contribution in [0.2, 0.25) is 0 Å². The van der Waals surface area contributed by atoms with Crippen molar-refractivity contribution in [3.63, 3.8) is 0 Å². The number of rotatable bonds is 3. The van der Waals surface area contributed by atoms with Crippen LogP contribution >= 0.6 is 0 Å². The molecular formula is C26H28N2O4. The molecule has 166 valence electrons. The molecule has 2 saturated heterocycles. The first-order valence-electron chi connectivity index (χ1n) is 11.5. The second-order valence-electron chi connectivity index (χ2n) is 9.44. The number of nitrogens with one attached hydrogen (secondary N) is 1. The summed E-state index contributed by atoms with van der Waals surface area (Å²) in [5.74, 6) is 0.835. The molecule has 1 unspecified atom stereocenters. The SMILES string of the molecule is CC1(C)c2cc(N3CCOCC3)c(OC3CCOC3)cc2C(=O)c2c1[nH]c1ccccc21. The highest BCUT2D eigenvalue weighted by molar-refractivity contribution is 6.20. The molecule has 0 radical (unpaired) electrons. The quantitative estimate of drug-likeness (QED) is 0.677. The van der Waals surface area contributed by atoms with E-state index in [1.54, 1.807) is 0 Å². The molecule has 1 aliphatic carbocycles. The number of aromatic nitrogens is 1. The van der Waals surface area contributed by atoms with Crippen molar-refractivity contribution in [1.29, 1.82) is 0 Å². The lowest BCUT2D eigenvalue weighted by Crippen LogP contribution is -2.38. The topological polar surface area (TPSA) is 63.8 Å². The van der Waals surface area contributed by atoms with Gasteiger partial charge in [-0.1, -0.05) is 32.0 Å². The number of H-pyrrole nitrogens is 1. The van der Waals surface area contributed by atoms with Crippen LogP contribution in [0.15, 0.2) is 36.4 Å². The summed E-state index contributed by atoms with van der Waals surface area (Å²) in [4.78, 5) is 19.7. The number of ketones is 1. The maximum absolute atomic E-state index is 13.8. The molecule has 3 heterocycles. The zero-order valence-corrected chi connectivity index (χ0v) is 18.6. The summed E-state index contributed by atoms with van der Waals surface area (Å²) in [6.45, 7) is 8.69. The van der Waals surface area contributed by atoms with Gasteiger partial charge in [0, 0.05) is 47.1 Å². The Morgan fingerprint density at radius 2 is 1.91 bits per heavy atom. The highest BCUT2D eigenvalue weighted by atomic mass is 16.5. The minimum absolute atomic E-state index is 0.0168. The Bertz CT molecular complexity index is 1200. The van der Waals surface area contributed by atoms with Crippen LogP contribution in [0.4, 0.5) is 5.69 Å². The van der Waals surface area contributed by atoms with Crippen molar-refractivity contribution in [1.82, 2.24) is 4.98 Å². The number of para-hydroxylation sites is 1. The Morgan fingerprint density at radius 3 is 2.69 bits per heavy atom. The van der Waals surface area contributed by atoms with Gasteiger partial charge in [0.05, 0.1) is 37.7 Å². The van der Waals surface area contributed by atoms with Gasteiger partial charge in [0.25, 0.3) is 0 Å². The van der Waals surface area contributed by atoms with Crippen molar-refractivity contribution in [2.45, 2.75) is 31.8 Å². The van der Waals surface area contributed by atoms with E-state index in [0.717, 1.165) is 64.2 Å². The summed E-state index contributed by atoms with van der Waals surface area (Å²) in [5, 5.41) is 0.982. The molecule has 32 heavy (non-hydrogen) atoms. The van der Waals surface area contributed by atoms with Crippen LogP contribution in [0, 0.1) is 0 Å². The fraction of sp³-hybridized carbons (Fsp3) is 0.423. The second kappa shape index (κ2) is 7.36. The Kier molecular flexibility index (Phi) is 4.56. The maximum atomic E-state index is 13.8. The van der Waals surface area contributed by atoms with E-state index in [4.69, 9.17) is 14.2 Å². The number of carbonyl (C=O) groups is 1. The van der Waals surface area contributed by atoms with Crippen molar-refractivity contribution in [3.8, 4) is 5.75 Å². The molecule has 3 aromatic rings. The molecular weight excluding hydrogens is 404 g/mol. The van der Waals surface area contributed by atoms with Crippen LogP contribution < -0.4 is 9.64 Å². The fourth-order valence-electron chi connectivity index (χ4n) is 5.32. The van der Waals surface area contributed by atoms with Gasteiger partial charge in [-0.2, -0.15) is 0 Å². The highest BCUT2D eigenvalue weighted by Gasteiger charge is 2.41. The lowest BCUT2D eigenvalue weighted by molar-refractivity contribution is 0.103. The van der Waals surface area contributed by atoms with Gasteiger partial charge in [0.2, 0.25) is 0 Å². The molecule has 0 saturated carbocycles. The van der Waals surface area contributed by atoms with Gasteiger partial charge >= 0.3 is 0 Å². The van der Waals surface area contributed by atoms with Gasteiger partial charge in [0.15, 0.2) is 5.78 Å². The number of nitrogens with zero attached hydrogens (tertiary/aromatic N) is 1. The lowest BCUT2D eigenvalue weighted by atomic mass is 9.71. The first-order valence-corrected chi connectivity index (χ1v) is 11.5. The van der Waals surface area contributed by atoms with Gasteiger partial charge in [-0.05, 0) is 23.8 Å². The molecule has 1 aromatic heterocycles. The van der Waals surface area contributed by atoms with Crippen molar-refractivity contribution in [3.05, 3.63) is 58.8 Å². The van der Waals surface area contributed by atoms with E-state index < -0.39 is 0 Å². The third-order valence-corrected chi connectivity index (χ3v) is 7.11. The number of morpholine rings is 1. The molecule has 0 amide bonds. The molecule has 3 aliphatic rings. The van der Waals surface area contributed by atoms with Crippen LogP contribution in [-0.4, -0.2) is 56.4 Å². The monoisotopic (exact) mass is 432 g/mol. The summed E-state index contributed by atoms with van der Waals surface area (Å²) in [6.07, 6.45) is 0.884. The van der Waals surface area contributed by atoms with Crippen LogP contribution in [0.1, 0.15) is 47.4 Å². The first kappa shape index (κ1) is 19.8. The number of benzene rings is 2. The number of ether oxygens (including phenoxy) is 3. The predicted molar refractivity (Wildman–Crippen MR) is 123 cm³/mol. The minimum atomic E-state index is -0.340. The van der Waals surface area contributed by atoms with Crippen LogP contribution in [0.25, 0.3) is 10.9 Å². The van der Waals surface area contributed by atoms with E-state index in [-0.39, 0.29) is 17.3 Å². The summed E-state index contributed by atoms with van der Waals surface area (Å²) in [6, 6.07) is 12.2. The molecule has 2 aromatic carbocycles. The number of carbonyl (C=O) groups excluding carboxylic acids is 1. The zero-order valence-electron chi connectivity index (χ0n) is 18.6. The smallest absolute Gasteiger partial charge is 0.195 e. The minimum Gasteiger partial charge on any atom is -0.486 e. The Morgan fingerprint density at radius 1 is 1.09 bits per heavy atom. The molecule has 1 N–H and O–H groups in total. The normalized spacial score (nSPS) is 22.1. The van der Waals surface area contributed by atoms with E-state index in [1.807, 2.05) is 30.3 Å². The van der Waals surface area contributed by atoms with Gasteiger partial charge in [-0.15, -0.1) is 0 Å². The standard InChI is InChI=1S/C26H28N2O4/c1-26(2)19-14-21(28-8-11-30-12-9-28)22(32-16-7-10-31-15-16)13-18(19)24(29)23-17-5-3-4-6-20(17)27-25(23)26/h3-6,13-14,16,27H,7-12,15H2,1-2H3. The molecule has 6 nitrogen and oxygen atoms in total. The average Bonchev–Trinajstić information content (AvgIpc) is 3.46. The van der Waals surface area contributed by atoms with Gasteiger partial charge < -0.3 is 24.1 Å². The predicted octanol–water partition coefficient (Wildman–Crippen LogP) is 4.04. The molecule has 6 heteroatoms. The van der Waals surface area contributed by atoms with Crippen LogP contribution in [0.3, 0.4) is 0 Å². The van der Waals surface area contributed by atoms with Crippen LogP contribution in [-0.2, 0) is 14.9 Å². The van der Waals surface area contributed by atoms with Gasteiger partial charge in [0.1, 0.15) is 11.9 Å². The van der Waals surface area contributed by atoms with Crippen molar-refractivity contribution < 1.29 is 19.0 Å². The van der Waals surface area contributed by atoms with E-state index in [0.29, 0.717) is 26.4 Å². The van der Waals surface area contributed by atoms with Crippen molar-refractivity contribution in [2.75, 3.05) is 44.4 Å². The molecule has 2 fully saturated rings. The number of hydrogen-bond donors (Lipinski definition) is 1. The third-order valence-electron chi connectivity index (χ3n) is 7.11. The van der Waals surface area contributed by atoms with Crippen molar-refractivity contribution >= 4 is 22.4 Å². The number of anilines is 1. The summed E-state index contributed by atoms with van der Waals surface area (Å²) in [5.41, 5.74) is 5.25. The number of fused-ring (bicyclic) bond motifs is 4. The summed E-state index contributed by atoms with van der Waals surface area (Å²) >= 11 is 0.